The molecule has 0 aliphatic heterocycles. The van der Waals surface area contributed by atoms with Crippen LogP contribution in [0.15, 0.2) is 0 Å². The van der Waals surface area contributed by atoms with Crippen LogP contribution in [0.2, 0.25) is 0 Å². The number of nitrogens with one attached hydrogen (secondary N) is 2. The molecule has 0 aromatic rings. The highest BCUT2D eigenvalue weighted by Crippen LogP contribution is 2.16. The lowest BCUT2D eigenvalue weighted by Gasteiger charge is -2.19. The molecule has 0 heterocycles. The van der Waals surface area contributed by atoms with E-state index >= 15 is 0 Å². The van der Waals surface area contributed by atoms with E-state index in [-0.39, 0.29) is 23.9 Å². The van der Waals surface area contributed by atoms with Crippen molar-refractivity contribution in [1.29, 1.82) is 0 Å². The first-order valence-electron chi connectivity index (χ1n) is 5.97. The van der Waals surface area contributed by atoms with Crippen LogP contribution in [0.25, 0.3) is 0 Å². The fraction of sp³-hybridized carbons (Fsp3) is 0.833. The molecule has 1 atom stereocenters. The maximum atomic E-state index is 11.4. The highest BCUT2D eigenvalue weighted by molar-refractivity contribution is 5.74. The van der Waals surface area contributed by atoms with Gasteiger partial charge in [0.1, 0.15) is 0 Å². The Morgan fingerprint density at radius 3 is 2.35 bits per heavy atom. The fourth-order valence-electron chi connectivity index (χ4n) is 1.24. The van der Waals surface area contributed by atoms with Crippen molar-refractivity contribution in [2.75, 3.05) is 6.54 Å². The van der Waals surface area contributed by atoms with Crippen LogP contribution >= 0.6 is 0 Å². The van der Waals surface area contributed by atoms with Crippen molar-refractivity contribution in [3.8, 4) is 0 Å². The van der Waals surface area contributed by atoms with E-state index in [4.69, 9.17) is 5.11 Å². The molecule has 100 valence electrons. The van der Waals surface area contributed by atoms with Gasteiger partial charge in [-0.1, -0.05) is 20.8 Å². The summed E-state index contributed by atoms with van der Waals surface area (Å²) in [6.07, 6.45) is 1.43. The Kier molecular flexibility index (Phi) is 6.61. The minimum Gasteiger partial charge on any atom is -0.481 e. The number of hydrogen-bond donors (Lipinski definition) is 3. The van der Waals surface area contributed by atoms with Crippen LogP contribution in [-0.2, 0) is 4.79 Å². The Bertz CT molecular complexity index is 259. The zero-order valence-corrected chi connectivity index (χ0v) is 11.2. The average Bonchev–Trinajstić information content (AvgIpc) is 2.12. The van der Waals surface area contributed by atoms with Gasteiger partial charge in [0.2, 0.25) is 0 Å². The van der Waals surface area contributed by atoms with Crippen molar-refractivity contribution in [1.82, 2.24) is 10.6 Å². The van der Waals surface area contributed by atoms with E-state index in [1.165, 1.54) is 0 Å². The van der Waals surface area contributed by atoms with Gasteiger partial charge in [-0.2, -0.15) is 0 Å². The van der Waals surface area contributed by atoms with E-state index in [2.05, 4.69) is 31.4 Å². The number of hydrogen-bond acceptors (Lipinski definition) is 2. The summed E-state index contributed by atoms with van der Waals surface area (Å²) in [4.78, 5) is 21.8. The maximum Gasteiger partial charge on any atom is 0.314 e. The van der Waals surface area contributed by atoms with Crippen LogP contribution < -0.4 is 10.6 Å². The Morgan fingerprint density at radius 1 is 1.29 bits per heavy atom. The van der Waals surface area contributed by atoms with E-state index in [0.29, 0.717) is 13.0 Å². The number of carbonyl (C=O) groups excluding carboxylic acids is 1. The molecular weight excluding hydrogens is 220 g/mol. The van der Waals surface area contributed by atoms with E-state index in [1.54, 1.807) is 6.92 Å². The smallest absolute Gasteiger partial charge is 0.314 e. The summed E-state index contributed by atoms with van der Waals surface area (Å²) in [5, 5.41) is 14.0. The predicted molar refractivity (Wildman–Crippen MR) is 66.9 cm³/mol. The lowest BCUT2D eigenvalue weighted by atomic mass is 9.92. The molecule has 0 spiro atoms. The van der Waals surface area contributed by atoms with Crippen molar-refractivity contribution < 1.29 is 14.7 Å². The zero-order valence-electron chi connectivity index (χ0n) is 11.2. The topological polar surface area (TPSA) is 78.4 Å². The van der Waals surface area contributed by atoms with E-state index in [9.17, 15) is 9.59 Å². The average molecular weight is 244 g/mol. The van der Waals surface area contributed by atoms with Crippen LogP contribution in [0, 0.1) is 5.41 Å². The summed E-state index contributed by atoms with van der Waals surface area (Å²) >= 11 is 0. The van der Waals surface area contributed by atoms with Crippen molar-refractivity contribution in [3.63, 3.8) is 0 Å². The van der Waals surface area contributed by atoms with E-state index in [0.717, 1.165) is 6.42 Å². The third-order valence-electron chi connectivity index (χ3n) is 2.33. The summed E-state index contributed by atoms with van der Waals surface area (Å²) in [7, 11) is 0. The largest absolute Gasteiger partial charge is 0.481 e. The monoisotopic (exact) mass is 244 g/mol. The number of carbonyl (C=O) groups is 2. The van der Waals surface area contributed by atoms with Gasteiger partial charge in [0, 0.05) is 19.0 Å². The van der Waals surface area contributed by atoms with Crippen LogP contribution in [-0.4, -0.2) is 29.7 Å². The van der Waals surface area contributed by atoms with Gasteiger partial charge in [0.15, 0.2) is 0 Å². The molecule has 0 aliphatic carbocycles. The Balaban J connectivity index is 3.68. The van der Waals surface area contributed by atoms with Gasteiger partial charge in [-0.3, -0.25) is 4.79 Å². The molecule has 0 aromatic carbocycles. The zero-order chi connectivity index (χ0) is 13.5. The summed E-state index contributed by atoms with van der Waals surface area (Å²) in [5.74, 6) is -0.841. The molecule has 3 N–H and O–H groups in total. The summed E-state index contributed by atoms with van der Waals surface area (Å²) in [6, 6.07) is -0.354. The number of aliphatic carboxylic acids is 1. The van der Waals surface area contributed by atoms with Crippen LogP contribution in [0.4, 0.5) is 4.79 Å². The number of urea groups is 1. The molecule has 0 bridgehead atoms. The summed E-state index contributed by atoms with van der Waals surface area (Å²) < 4.78 is 0. The van der Waals surface area contributed by atoms with Crippen LogP contribution in [0.1, 0.15) is 47.0 Å². The number of rotatable bonds is 6. The van der Waals surface area contributed by atoms with Crippen molar-refractivity contribution in [2.45, 2.75) is 53.0 Å². The molecule has 0 radical (unpaired) electrons. The van der Waals surface area contributed by atoms with Crippen LogP contribution in [0.5, 0.6) is 0 Å². The lowest BCUT2D eigenvalue weighted by Crippen LogP contribution is -2.41. The first-order chi connectivity index (χ1) is 7.70. The Labute approximate surface area is 103 Å². The third kappa shape index (κ3) is 11.0. The fourth-order valence-corrected chi connectivity index (χ4v) is 1.24. The first kappa shape index (κ1) is 15.7. The molecule has 0 fully saturated rings. The molecule has 1 unspecified atom stereocenters. The standard InChI is InChI=1S/C12H24N2O3/c1-9(5-6-10(15)16)14-11(17)13-8-7-12(2,3)4/h9H,5-8H2,1-4H3,(H,15,16)(H2,13,14,17). The maximum absolute atomic E-state index is 11.4. The van der Waals surface area contributed by atoms with Gasteiger partial charge >= 0.3 is 12.0 Å². The van der Waals surface area contributed by atoms with Gasteiger partial charge in [-0.25, -0.2) is 4.79 Å². The highest BCUT2D eigenvalue weighted by Gasteiger charge is 2.12. The van der Waals surface area contributed by atoms with Gasteiger partial charge < -0.3 is 15.7 Å². The molecule has 0 aromatic heterocycles. The van der Waals surface area contributed by atoms with Gasteiger partial charge in [0.05, 0.1) is 0 Å². The molecule has 0 saturated carbocycles. The second-order valence-electron chi connectivity index (χ2n) is 5.54. The minimum atomic E-state index is -0.841. The number of amides is 2. The molecule has 5 nitrogen and oxygen atoms in total. The minimum absolute atomic E-state index is 0.0729. The molecule has 5 heteroatoms. The molecular formula is C12H24N2O3. The summed E-state index contributed by atoms with van der Waals surface area (Å²) in [5.41, 5.74) is 0.197. The molecule has 0 rings (SSSR count). The number of carboxylic acids is 1. The molecule has 17 heavy (non-hydrogen) atoms. The molecule has 0 saturated heterocycles. The van der Waals surface area contributed by atoms with Gasteiger partial charge in [-0.05, 0) is 25.2 Å². The highest BCUT2D eigenvalue weighted by atomic mass is 16.4. The van der Waals surface area contributed by atoms with Crippen LogP contribution in [0.3, 0.4) is 0 Å². The normalized spacial score (nSPS) is 12.9. The quantitative estimate of drug-likeness (QED) is 0.668. The third-order valence-corrected chi connectivity index (χ3v) is 2.33. The molecule has 0 aliphatic rings. The summed E-state index contributed by atoms with van der Waals surface area (Å²) in [6.45, 7) is 8.76. The second kappa shape index (κ2) is 7.14. The van der Waals surface area contributed by atoms with Crippen molar-refractivity contribution in [2.24, 2.45) is 5.41 Å². The lowest BCUT2D eigenvalue weighted by molar-refractivity contribution is -0.137. The Hall–Kier alpha value is -1.26. The Morgan fingerprint density at radius 2 is 1.88 bits per heavy atom. The van der Waals surface area contributed by atoms with E-state index in [1.807, 2.05) is 0 Å². The van der Waals surface area contributed by atoms with Gasteiger partial charge in [0.25, 0.3) is 0 Å². The second-order valence-corrected chi connectivity index (χ2v) is 5.54. The predicted octanol–water partition coefficient (Wildman–Crippen LogP) is 1.98. The SMILES string of the molecule is CC(CCC(=O)O)NC(=O)NCCC(C)(C)C. The van der Waals surface area contributed by atoms with E-state index < -0.39 is 5.97 Å². The van der Waals surface area contributed by atoms with Gasteiger partial charge in [-0.15, -0.1) is 0 Å². The van der Waals surface area contributed by atoms with Crippen molar-refractivity contribution in [3.05, 3.63) is 0 Å². The number of carboxylic acid groups (broad SMARTS) is 1. The van der Waals surface area contributed by atoms with Crippen molar-refractivity contribution >= 4 is 12.0 Å². The molecule has 2 amide bonds. The first-order valence-corrected chi connectivity index (χ1v) is 5.97.